The number of rotatable bonds is 3. The predicted molar refractivity (Wildman–Crippen MR) is 39.4 cm³/mol. The normalized spacial score (nSPS) is 10.3. The third-order valence-electron chi connectivity index (χ3n) is 1.25. The number of carbonyl (C=O) groups is 1. The molecule has 0 aromatic carbocycles. The molecule has 0 saturated heterocycles. The molecular formula is C8H16OTi. The van der Waals surface area contributed by atoms with Gasteiger partial charge in [-0.2, -0.15) is 0 Å². The van der Waals surface area contributed by atoms with Crippen molar-refractivity contribution in [1.29, 1.82) is 0 Å². The van der Waals surface area contributed by atoms with Crippen molar-refractivity contribution in [2.45, 2.75) is 40.0 Å². The van der Waals surface area contributed by atoms with Crippen LogP contribution in [-0.2, 0) is 26.5 Å². The van der Waals surface area contributed by atoms with Crippen LogP contribution in [0.3, 0.4) is 0 Å². The van der Waals surface area contributed by atoms with E-state index in [0.717, 1.165) is 25.5 Å². The van der Waals surface area contributed by atoms with Crippen LogP contribution in [0, 0.1) is 5.41 Å². The Kier molecular flexibility index (Phi) is 7.96. The third kappa shape index (κ3) is 11.2. The number of carbonyl (C=O) groups excluding carboxylic acids is 1. The van der Waals surface area contributed by atoms with Gasteiger partial charge in [-0.1, -0.05) is 20.8 Å². The maximum absolute atomic E-state index is 9.89. The first kappa shape index (κ1) is 13.0. The molecule has 0 unspecified atom stereocenters. The SMILES string of the molecule is CC(C)(C)CCCC=O.[Ti]. The van der Waals surface area contributed by atoms with Crippen molar-refractivity contribution >= 4 is 6.29 Å². The zero-order valence-corrected chi connectivity index (χ0v) is 8.67. The van der Waals surface area contributed by atoms with E-state index in [4.69, 9.17) is 0 Å². The summed E-state index contributed by atoms with van der Waals surface area (Å²) in [5.41, 5.74) is 0.392. The van der Waals surface area contributed by atoms with Crippen LogP contribution >= 0.6 is 0 Å². The van der Waals surface area contributed by atoms with E-state index in [2.05, 4.69) is 20.8 Å². The first-order chi connectivity index (χ1) is 4.06. The summed E-state index contributed by atoms with van der Waals surface area (Å²) >= 11 is 0. The van der Waals surface area contributed by atoms with Gasteiger partial charge in [-0.25, -0.2) is 0 Å². The van der Waals surface area contributed by atoms with E-state index in [-0.39, 0.29) is 21.7 Å². The first-order valence-corrected chi connectivity index (χ1v) is 3.50. The van der Waals surface area contributed by atoms with Gasteiger partial charge in [-0.05, 0) is 18.3 Å². The van der Waals surface area contributed by atoms with E-state index in [1.54, 1.807) is 0 Å². The van der Waals surface area contributed by atoms with Crippen molar-refractivity contribution in [3.05, 3.63) is 0 Å². The van der Waals surface area contributed by atoms with Crippen LogP contribution in [0.1, 0.15) is 40.0 Å². The summed E-state index contributed by atoms with van der Waals surface area (Å²) in [4.78, 5) is 9.89. The van der Waals surface area contributed by atoms with E-state index < -0.39 is 0 Å². The van der Waals surface area contributed by atoms with Crippen LogP contribution in [0.4, 0.5) is 0 Å². The molecule has 0 heterocycles. The minimum Gasteiger partial charge on any atom is -0.303 e. The fourth-order valence-electron chi connectivity index (χ4n) is 0.716. The summed E-state index contributed by atoms with van der Waals surface area (Å²) in [7, 11) is 0. The fraction of sp³-hybridized carbons (Fsp3) is 0.875. The molecule has 0 fully saturated rings. The Bertz CT molecular complexity index is 83.7. The Balaban J connectivity index is 0. The van der Waals surface area contributed by atoms with Crippen LogP contribution < -0.4 is 0 Å². The maximum Gasteiger partial charge on any atom is 0.119 e. The number of hydrogen-bond acceptors (Lipinski definition) is 1. The van der Waals surface area contributed by atoms with Gasteiger partial charge in [0.2, 0.25) is 0 Å². The van der Waals surface area contributed by atoms with E-state index in [0.29, 0.717) is 5.41 Å². The quantitative estimate of drug-likeness (QED) is 0.366. The second-order valence-electron chi connectivity index (χ2n) is 3.62. The molecule has 0 bridgehead atoms. The average molecular weight is 176 g/mol. The molecule has 58 valence electrons. The predicted octanol–water partition coefficient (Wildman–Crippen LogP) is 2.40. The zero-order valence-electron chi connectivity index (χ0n) is 7.11. The Hall–Kier alpha value is 0.384. The van der Waals surface area contributed by atoms with Gasteiger partial charge in [0.25, 0.3) is 0 Å². The van der Waals surface area contributed by atoms with Crippen LogP contribution in [0.25, 0.3) is 0 Å². The van der Waals surface area contributed by atoms with Crippen molar-refractivity contribution in [1.82, 2.24) is 0 Å². The topological polar surface area (TPSA) is 17.1 Å². The molecule has 0 radical (unpaired) electrons. The van der Waals surface area contributed by atoms with Gasteiger partial charge in [-0.15, -0.1) is 0 Å². The van der Waals surface area contributed by atoms with Crippen molar-refractivity contribution in [2.75, 3.05) is 0 Å². The van der Waals surface area contributed by atoms with Gasteiger partial charge >= 0.3 is 0 Å². The summed E-state index contributed by atoms with van der Waals surface area (Å²) < 4.78 is 0. The van der Waals surface area contributed by atoms with E-state index >= 15 is 0 Å². The summed E-state index contributed by atoms with van der Waals surface area (Å²) in [6, 6.07) is 0. The van der Waals surface area contributed by atoms with Crippen LogP contribution in [0.15, 0.2) is 0 Å². The number of unbranched alkanes of at least 4 members (excludes halogenated alkanes) is 1. The minimum absolute atomic E-state index is 0. The van der Waals surface area contributed by atoms with Crippen LogP contribution in [-0.4, -0.2) is 6.29 Å². The van der Waals surface area contributed by atoms with Gasteiger partial charge < -0.3 is 4.79 Å². The molecule has 0 spiro atoms. The molecule has 0 aromatic rings. The van der Waals surface area contributed by atoms with Crippen molar-refractivity contribution in [3.63, 3.8) is 0 Å². The van der Waals surface area contributed by atoms with Crippen molar-refractivity contribution < 1.29 is 26.5 Å². The monoisotopic (exact) mass is 176 g/mol. The van der Waals surface area contributed by atoms with Gasteiger partial charge in [0.05, 0.1) is 0 Å². The smallest absolute Gasteiger partial charge is 0.119 e. The standard InChI is InChI=1S/C8H16O.Ti/c1-8(2,3)6-4-5-7-9;/h7H,4-6H2,1-3H3;. The molecule has 0 aliphatic carbocycles. The molecule has 0 aliphatic rings. The molecule has 10 heavy (non-hydrogen) atoms. The van der Waals surface area contributed by atoms with Gasteiger partial charge in [0, 0.05) is 28.1 Å². The summed E-state index contributed by atoms with van der Waals surface area (Å²) in [6.07, 6.45) is 3.89. The molecule has 0 aromatic heterocycles. The molecule has 0 aliphatic heterocycles. The number of aldehydes is 1. The summed E-state index contributed by atoms with van der Waals surface area (Å²) in [5, 5.41) is 0. The second-order valence-corrected chi connectivity index (χ2v) is 3.62. The van der Waals surface area contributed by atoms with Gasteiger partial charge in [0.15, 0.2) is 0 Å². The minimum atomic E-state index is 0. The largest absolute Gasteiger partial charge is 0.303 e. The maximum atomic E-state index is 9.89. The number of hydrogen-bond donors (Lipinski definition) is 0. The Morgan fingerprint density at radius 3 is 2.10 bits per heavy atom. The molecule has 2 heteroatoms. The fourth-order valence-corrected chi connectivity index (χ4v) is 0.716. The Morgan fingerprint density at radius 2 is 1.80 bits per heavy atom. The van der Waals surface area contributed by atoms with E-state index in [1.807, 2.05) is 0 Å². The average Bonchev–Trinajstić information content (AvgIpc) is 1.63. The zero-order chi connectivity index (χ0) is 7.33. The second kappa shape index (κ2) is 6.12. The molecular weight excluding hydrogens is 160 g/mol. The van der Waals surface area contributed by atoms with Gasteiger partial charge in [0.1, 0.15) is 6.29 Å². The van der Waals surface area contributed by atoms with Crippen LogP contribution in [0.2, 0.25) is 0 Å². The molecule has 0 N–H and O–H groups in total. The first-order valence-electron chi connectivity index (χ1n) is 3.50. The molecule has 0 rings (SSSR count). The molecule has 0 amide bonds. The molecule has 1 nitrogen and oxygen atoms in total. The molecule has 0 atom stereocenters. The Morgan fingerprint density at radius 1 is 1.30 bits per heavy atom. The third-order valence-corrected chi connectivity index (χ3v) is 1.25. The molecule has 0 saturated carbocycles. The van der Waals surface area contributed by atoms with Gasteiger partial charge in [-0.3, -0.25) is 0 Å². The van der Waals surface area contributed by atoms with E-state index in [1.165, 1.54) is 0 Å². The Labute approximate surface area is 78.5 Å². The summed E-state index contributed by atoms with van der Waals surface area (Å²) in [6.45, 7) is 6.58. The summed E-state index contributed by atoms with van der Waals surface area (Å²) in [5.74, 6) is 0. The van der Waals surface area contributed by atoms with Crippen molar-refractivity contribution in [2.24, 2.45) is 5.41 Å². The van der Waals surface area contributed by atoms with E-state index in [9.17, 15) is 4.79 Å². The van der Waals surface area contributed by atoms with Crippen molar-refractivity contribution in [3.8, 4) is 0 Å². The van der Waals surface area contributed by atoms with Crippen LogP contribution in [0.5, 0.6) is 0 Å².